The minimum absolute atomic E-state index is 0.0151. The zero-order chi connectivity index (χ0) is 26.0. The fourth-order valence-electron chi connectivity index (χ4n) is 4.36. The first-order valence-corrected chi connectivity index (χ1v) is 11.9. The number of carbonyl (C=O) groups excluding carboxylic acids is 2. The van der Waals surface area contributed by atoms with E-state index in [9.17, 15) is 14.7 Å². The zero-order valence-corrected chi connectivity index (χ0v) is 21.2. The number of ether oxygens (including phenoxy) is 2. The van der Waals surface area contributed by atoms with Crippen molar-refractivity contribution < 1.29 is 24.2 Å². The van der Waals surface area contributed by atoms with Gasteiger partial charge in [0.05, 0.1) is 24.8 Å². The molecule has 1 saturated heterocycles. The number of aliphatic hydroxyl groups is 1. The predicted octanol–water partition coefficient (Wildman–Crippen LogP) is 5.72. The molecule has 0 saturated carbocycles. The maximum atomic E-state index is 13.3. The average molecular weight is 486 g/mol. The molecule has 1 aliphatic heterocycles. The van der Waals surface area contributed by atoms with Gasteiger partial charge in [0.15, 0.2) is 0 Å². The SMILES string of the molecule is COc1ccc(CN2C(=O)C(=O)/C(=C(\O)c3ccc(C)c(C)c3)C2c2ccc(OC(C)C)cc2)cc1. The summed E-state index contributed by atoms with van der Waals surface area (Å²) in [5.41, 5.74) is 4.19. The Kier molecular flexibility index (Phi) is 7.15. The van der Waals surface area contributed by atoms with Gasteiger partial charge in [0.25, 0.3) is 11.7 Å². The van der Waals surface area contributed by atoms with Gasteiger partial charge in [0.2, 0.25) is 0 Å². The summed E-state index contributed by atoms with van der Waals surface area (Å²) in [6.45, 7) is 8.02. The highest BCUT2D eigenvalue weighted by molar-refractivity contribution is 6.46. The molecule has 36 heavy (non-hydrogen) atoms. The smallest absolute Gasteiger partial charge is 0.295 e. The fourth-order valence-corrected chi connectivity index (χ4v) is 4.36. The highest BCUT2D eigenvalue weighted by Gasteiger charge is 2.46. The molecule has 1 atom stereocenters. The van der Waals surface area contributed by atoms with Crippen molar-refractivity contribution in [1.82, 2.24) is 4.90 Å². The maximum absolute atomic E-state index is 13.3. The number of likely N-dealkylation sites (tertiary alicyclic amines) is 1. The van der Waals surface area contributed by atoms with Gasteiger partial charge in [0.1, 0.15) is 17.3 Å². The first-order chi connectivity index (χ1) is 17.2. The van der Waals surface area contributed by atoms with Gasteiger partial charge in [-0.25, -0.2) is 0 Å². The lowest BCUT2D eigenvalue weighted by Gasteiger charge is -2.26. The van der Waals surface area contributed by atoms with Crippen LogP contribution in [0.2, 0.25) is 0 Å². The summed E-state index contributed by atoms with van der Waals surface area (Å²) in [5, 5.41) is 11.3. The number of methoxy groups -OCH3 is 1. The Morgan fingerprint density at radius 3 is 2.14 bits per heavy atom. The number of ketones is 1. The van der Waals surface area contributed by atoms with Crippen LogP contribution in [0, 0.1) is 13.8 Å². The third kappa shape index (κ3) is 4.98. The highest BCUT2D eigenvalue weighted by atomic mass is 16.5. The summed E-state index contributed by atoms with van der Waals surface area (Å²) in [6.07, 6.45) is 0.0151. The lowest BCUT2D eigenvalue weighted by atomic mass is 9.94. The Labute approximate surface area is 211 Å². The second-order valence-electron chi connectivity index (χ2n) is 9.31. The van der Waals surface area contributed by atoms with Crippen LogP contribution >= 0.6 is 0 Å². The molecule has 4 rings (SSSR count). The molecule has 1 amide bonds. The fraction of sp³-hybridized carbons (Fsp3) is 0.267. The molecule has 6 heteroatoms. The first kappa shape index (κ1) is 25.0. The van der Waals surface area contributed by atoms with E-state index in [2.05, 4.69) is 0 Å². The number of rotatable bonds is 7. The van der Waals surface area contributed by atoms with E-state index in [0.29, 0.717) is 22.6 Å². The number of hydrogen-bond acceptors (Lipinski definition) is 5. The van der Waals surface area contributed by atoms with E-state index >= 15 is 0 Å². The van der Waals surface area contributed by atoms with E-state index in [0.717, 1.165) is 16.7 Å². The largest absolute Gasteiger partial charge is 0.507 e. The molecule has 0 radical (unpaired) electrons. The van der Waals surface area contributed by atoms with Crippen molar-refractivity contribution in [1.29, 1.82) is 0 Å². The third-order valence-corrected chi connectivity index (χ3v) is 6.40. The van der Waals surface area contributed by atoms with Crippen molar-refractivity contribution >= 4 is 17.4 Å². The predicted molar refractivity (Wildman–Crippen MR) is 139 cm³/mol. The zero-order valence-electron chi connectivity index (χ0n) is 21.2. The van der Waals surface area contributed by atoms with Crippen LogP contribution < -0.4 is 9.47 Å². The van der Waals surface area contributed by atoms with Crippen LogP contribution in [0.3, 0.4) is 0 Å². The number of aliphatic hydroxyl groups excluding tert-OH is 1. The molecule has 0 aliphatic carbocycles. The summed E-state index contributed by atoms with van der Waals surface area (Å²) in [6, 6.07) is 19.4. The molecular formula is C30H31NO5. The topological polar surface area (TPSA) is 76.1 Å². The van der Waals surface area contributed by atoms with E-state index in [4.69, 9.17) is 9.47 Å². The summed E-state index contributed by atoms with van der Waals surface area (Å²) < 4.78 is 11.0. The molecule has 1 N–H and O–H groups in total. The number of aryl methyl sites for hydroxylation is 2. The second-order valence-corrected chi connectivity index (χ2v) is 9.31. The minimum atomic E-state index is -0.748. The van der Waals surface area contributed by atoms with Crippen LogP contribution in [0.1, 0.15) is 47.7 Å². The molecule has 3 aromatic carbocycles. The Morgan fingerprint density at radius 1 is 0.917 bits per heavy atom. The molecule has 3 aromatic rings. The number of amides is 1. The average Bonchev–Trinajstić information content (AvgIpc) is 3.11. The normalized spacial score (nSPS) is 17.1. The lowest BCUT2D eigenvalue weighted by molar-refractivity contribution is -0.140. The van der Waals surface area contributed by atoms with Gasteiger partial charge in [-0.1, -0.05) is 36.4 Å². The summed E-state index contributed by atoms with van der Waals surface area (Å²) >= 11 is 0. The standard InChI is InChI=1S/C30H31NO5/c1-18(2)36-25-14-10-22(11-15-25)27-26(28(32)23-9-6-19(3)20(4)16-23)29(33)30(34)31(27)17-21-7-12-24(35-5)13-8-21/h6-16,18,27,32H,17H2,1-5H3/b28-26-. The summed E-state index contributed by atoms with van der Waals surface area (Å²) in [4.78, 5) is 28.1. The molecule has 1 fully saturated rings. The van der Waals surface area contributed by atoms with Crippen LogP contribution in [-0.2, 0) is 16.1 Å². The van der Waals surface area contributed by atoms with E-state index < -0.39 is 17.7 Å². The molecule has 1 heterocycles. The molecule has 0 bridgehead atoms. The van der Waals surface area contributed by atoms with Crippen LogP contribution in [0.15, 0.2) is 72.3 Å². The van der Waals surface area contributed by atoms with Gasteiger partial charge < -0.3 is 19.5 Å². The van der Waals surface area contributed by atoms with Gasteiger partial charge in [-0.15, -0.1) is 0 Å². The van der Waals surface area contributed by atoms with Crippen LogP contribution in [0.5, 0.6) is 11.5 Å². The van der Waals surface area contributed by atoms with E-state index in [1.807, 2.05) is 88.4 Å². The number of hydrogen-bond donors (Lipinski definition) is 1. The van der Waals surface area contributed by atoms with E-state index in [1.54, 1.807) is 13.2 Å². The maximum Gasteiger partial charge on any atom is 0.295 e. The second kappa shape index (κ2) is 10.3. The van der Waals surface area contributed by atoms with Gasteiger partial charge in [-0.05, 0) is 80.3 Å². The van der Waals surface area contributed by atoms with Crippen molar-refractivity contribution in [3.05, 3.63) is 100 Å². The highest BCUT2D eigenvalue weighted by Crippen LogP contribution is 2.41. The van der Waals surface area contributed by atoms with Crippen molar-refractivity contribution in [3.63, 3.8) is 0 Å². The Hall–Kier alpha value is -4.06. The van der Waals surface area contributed by atoms with Gasteiger partial charge >= 0.3 is 0 Å². The van der Waals surface area contributed by atoms with Crippen molar-refractivity contribution in [2.24, 2.45) is 0 Å². The first-order valence-electron chi connectivity index (χ1n) is 11.9. The van der Waals surface area contributed by atoms with Gasteiger partial charge in [-0.3, -0.25) is 9.59 Å². The monoisotopic (exact) mass is 485 g/mol. The van der Waals surface area contributed by atoms with Crippen LogP contribution in [0.4, 0.5) is 0 Å². The van der Waals surface area contributed by atoms with Crippen molar-refractivity contribution in [2.75, 3.05) is 7.11 Å². The Bertz CT molecular complexity index is 1310. The molecule has 0 spiro atoms. The molecular weight excluding hydrogens is 454 g/mol. The van der Waals surface area contributed by atoms with Crippen molar-refractivity contribution in [2.45, 2.75) is 46.4 Å². The molecule has 0 aromatic heterocycles. The Morgan fingerprint density at radius 2 is 1.56 bits per heavy atom. The van der Waals surface area contributed by atoms with E-state index in [-0.39, 0.29) is 24.0 Å². The quantitative estimate of drug-likeness (QED) is 0.263. The lowest BCUT2D eigenvalue weighted by Crippen LogP contribution is -2.29. The number of carbonyl (C=O) groups is 2. The molecule has 6 nitrogen and oxygen atoms in total. The molecule has 186 valence electrons. The molecule has 1 unspecified atom stereocenters. The van der Waals surface area contributed by atoms with Gasteiger partial charge in [0, 0.05) is 12.1 Å². The summed E-state index contributed by atoms with van der Waals surface area (Å²) in [5.74, 6) is -0.139. The van der Waals surface area contributed by atoms with Crippen molar-refractivity contribution in [3.8, 4) is 11.5 Å². The minimum Gasteiger partial charge on any atom is -0.507 e. The van der Waals surface area contributed by atoms with Crippen LogP contribution in [-0.4, -0.2) is 34.9 Å². The number of benzene rings is 3. The Balaban J connectivity index is 1.81. The summed E-state index contributed by atoms with van der Waals surface area (Å²) in [7, 11) is 1.59. The third-order valence-electron chi connectivity index (χ3n) is 6.40. The number of nitrogens with zero attached hydrogens (tertiary/aromatic N) is 1. The van der Waals surface area contributed by atoms with E-state index in [1.165, 1.54) is 4.90 Å². The number of Topliss-reactive ketones (excluding diaryl/α,β-unsaturated/α-hetero) is 1. The van der Waals surface area contributed by atoms with Crippen LogP contribution in [0.25, 0.3) is 5.76 Å². The molecule has 1 aliphatic rings. The van der Waals surface area contributed by atoms with Gasteiger partial charge in [-0.2, -0.15) is 0 Å².